The summed E-state index contributed by atoms with van der Waals surface area (Å²) in [5, 5.41) is 4.04. The first-order valence-corrected chi connectivity index (χ1v) is 8.68. The summed E-state index contributed by atoms with van der Waals surface area (Å²) in [6, 6.07) is 4.35. The number of ether oxygens (including phenoxy) is 1. The van der Waals surface area contributed by atoms with Crippen LogP contribution in [0.4, 0.5) is 14.5 Å². The van der Waals surface area contributed by atoms with Gasteiger partial charge in [0.2, 0.25) is 15.9 Å². The van der Waals surface area contributed by atoms with Crippen molar-refractivity contribution in [2.45, 2.75) is 6.61 Å². The van der Waals surface area contributed by atoms with Gasteiger partial charge in [0.05, 0.1) is 17.0 Å². The van der Waals surface area contributed by atoms with E-state index in [0.717, 1.165) is 10.9 Å². The highest BCUT2D eigenvalue weighted by Gasteiger charge is 2.21. The summed E-state index contributed by atoms with van der Waals surface area (Å²) in [6.07, 6.45) is 0.971. The maximum Gasteiger partial charge on any atom is 0.388 e. The third-order valence-electron chi connectivity index (χ3n) is 2.68. The molecule has 0 aliphatic heterocycles. The standard InChI is InChI=1S/C12H11Cl2F2N3O3S/c1-19-11(22-12(15)16)9(14)10(17-19)6-3-4-7(13)8(5-6)18-23(2,20)21/h3-5,12,18H,1-2H3. The molecule has 2 aromatic rings. The third kappa shape index (κ3) is 4.24. The molecule has 0 saturated heterocycles. The summed E-state index contributed by atoms with van der Waals surface area (Å²) >= 11 is 11.9. The summed E-state index contributed by atoms with van der Waals surface area (Å²) in [5.41, 5.74) is 0.646. The minimum Gasteiger partial charge on any atom is -0.416 e. The van der Waals surface area contributed by atoms with Crippen LogP contribution in [-0.2, 0) is 17.1 Å². The van der Waals surface area contributed by atoms with Crippen LogP contribution in [0.2, 0.25) is 10.0 Å². The van der Waals surface area contributed by atoms with Gasteiger partial charge in [-0.3, -0.25) is 4.72 Å². The second kappa shape index (κ2) is 6.50. The number of rotatable bonds is 5. The Balaban J connectivity index is 2.49. The van der Waals surface area contributed by atoms with Crippen LogP contribution < -0.4 is 9.46 Å². The third-order valence-corrected chi connectivity index (χ3v) is 3.94. The van der Waals surface area contributed by atoms with Crippen LogP contribution in [0.5, 0.6) is 5.88 Å². The van der Waals surface area contributed by atoms with Crippen LogP contribution in [0.15, 0.2) is 18.2 Å². The molecule has 0 radical (unpaired) electrons. The maximum absolute atomic E-state index is 12.4. The van der Waals surface area contributed by atoms with Gasteiger partial charge < -0.3 is 4.74 Å². The van der Waals surface area contributed by atoms with E-state index in [-0.39, 0.29) is 27.3 Å². The van der Waals surface area contributed by atoms with Crippen LogP contribution >= 0.6 is 23.2 Å². The fourth-order valence-corrected chi connectivity index (χ4v) is 2.93. The van der Waals surface area contributed by atoms with Crippen molar-refractivity contribution < 1.29 is 21.9 Å². The highest BCUT2D eigenvalue weighted by atomic mass is 35.5. The molecule has 2 rings (SSSR count). The molecule has 0 aliphatic carbocycles. The highest BCUT2D eigenvalue weighted by Crippen LogP contribution is 2.37. The lowest BCUT2D eigenvalue weighted by Crippen LogP contribution is -2.09. The molecular formula is C12H11Cl2F2N3O3S. The number of aryl methyl sites for hydroxylation is 1. The predicted octanol–water partition coefficient (Wildman–Crippen LogP) is 3.37. The van der Waals surface area contributed by atoms with E-state index in [1.54, 1.807) is 0 Å². The van der Waals surface area contributed by atoms with Gasteiger partial charge in [-0.2, -0.15) is 13.9 Å². The van der Waals surface area contributed by atoms with Crippen LogP contribution in [-0.4, -0.2) is 31.1 Å². The zero-order chi connectivity index (χ0) is 17.4. The first-order valence-electron chi connectivity index (χ1n) is 6.03. The maximum atomic E-state index is 12.4. The smallest absolute Gasteiger partial charge is 0.388 e. The molecule has 1 N–H and O–H groups in total. The Morgan fingerprint density at radius 3 is 2.57 bits per heavy atom. The van der Waals surface area contributed by atoms with Gasteiger partial charge >= 0.3 is 6.61 Å². The van der Waals surface area contributed by atoms with Crippen molar-refractivity contribution in [2.24, 2.45) is 7.05 Å². The van der Waals surface area contributed by atoms with E-state index in [1.807, 2.05) is 0 Å². The first kappa shape index (κ1) is 17.8. The molecule has 1 aromatic heterocycles. The van der Waals surface area contributed by atoms with Gasteiger partial charge in [0, 0.05) is 12.6 Å². The van der Waals surface area contributed by atoms with Crippen molar-refractivity contribution in [3.8, 4) is 17.1 Å². The lowest BCUT2D eigenvalue weighted by molar-refractivity contribution is -0.0552. The molecule has 0 spiro atoms. The molecule has 1 aromatic carbocycles. The zero-order valence-corrected chi connectivity index (χ0v) is 14.2. The predicted molar refractivity (Wildman–Crippen MR) is 83.8 cm³/mol. The Bertz CT molecular complexity index is 840. The van der Waals surface area contributed by atoms with Gasteiger partial charge in [0.25, 0.3) is 0 Å². The molecule has 11 heteroatoms. The normalized spacial score (nSPS) is 11.8. The quantitative estimate of drug-likeness (QED) is 0.855. The number of halogens is 4. The Labute approximate surface area is 141 Å². The molecule has 0 fully saturated rings. The summed E-state index contributed by atoms with van der Waals surface area (Å²) in [4.78, 5) is 0. The lowest BCUT2D eigenvalue weighted by atomic mass is 10.1. The van der Waals surface area contributed by atoms with E-state index in [0.29, 0.717) is 5.56 Å². The van der Waals surface area contributed by atoms with Crippen molar-refractivity contribution in [3.63, 3.8) is 0 Å². The minimum absolute atomic E-state index is 0.115. The molecule has 6 nitrogen and oxygen atoms in total. The number of nitrogens with one attached hydrogen (secondary N) is 1. The van der Waals surface area contributed by atoms with E-state index < -0.39 is 16.6 Å². The second-order valence-electron chi connectivity index (χ2n) is 4.54. The molecule has 0 amide bonds. The van der Waals surface area contributed by atoms with Crippen LogP contribution in [0.25, 0.3) is 11.3 Å². The van der Waals surface area contributed by atoms with Gasteiger partial charge in [0.15, 0.2) is 0 Å². The van der Waals surface area contributed by atoms with Crippen molar-refractivity contribution in [3.05, 3.63) is 28.2 Å². The fourth-order valence-electron chi connectivity index (χ4n) is 1.83. The van der Waals surface area contributed by atoms with Crippen molar-refractivity contribution >= 4 is 38.9 Å². The zero-order valence-electron chi connectivity index (χ0n) is 11.8. The minimum atomic E-state index is -3.54. The van der Waals surface area contributed by atoms with E-state index >= 15 is 0 Å². The number of aromatic nitrogens is 2. The molecule has 126 valence electrons. The first-order chi connectivity index (χ1) is 10.6. The summed E-state index contributed by atoms with van der Waals surface area (Å²) in [5.74, 6) is -0.302. The number of anilines is 1. The second-order valence-corrected chi connectivity index (χ2v) is 7.07. The van der Waals surface area contributed by atoms with Crippen molar-refractivity contribution in [1.29, 1.82) is 0 Å². The van der Waals surface area contributed by atoms with Crippen molar-refractivity contribution in [1.82, 2.24) is 9.78 Å². The average molecular weight is 386 g/mol. The fraction of sp³-hybridized carbons (Fsp3) is 0.250. The monoisotopic (exact) mass is 385 g/mol. The number of alkyl halides is 2. The molecule has 0 unspecified atom stereocenters. The summed E-state index contributed by atoms with van der Waals surface area (Å²) < 4.78 is 55.0. The lowest BCUT2D eigenvalue weighted by Gasteiger charge is -2.08. The number of nitrogens with zero attached hydrogens (tertiary/aromatic N) is 2. The van der Waals surface area contributed by atoms with E-state index in [1.165, 1.54) is 25.2 Å². The largest absolute Gasteiger partial charge is 0.416 e. The Kier molecular flexibility index (Phi) is 5.02. The molecule has 0 bridgehead atoms. The topological polar surface area (TPSA) is 73.2 Å². The van der Waals surface area contributed by atoms with Gasteiger partial charge in [-0.25, -0.2) is 13.1 Å². The van der Waals surface area contributed by atoms with Crippen molar-refractivity contribution in [2.75, 3.05) is 11.0 Å². The SMILES string of the molecule is Cn1nc(-c2ccc(Cl)c(NS(C)(=O)=O)c2)c(Cl)c1OC(F)F. The number of sulfonamides is 1. The summed E-state index contributed by atoms with van der Waals surface area (Å²) in [6.45, 7) is -3.05. The van der Waals surface area contributed by atoms with E-state index in [4.69, 9.17) is 23.2 Å². The molecular weight excluding hydrogens is 375 g/mol. The van der Waals surface area contributed by atoms with Gasteiger partial charge in [-0.05, 0) is 12.1 Å². The number of benzene rings is 1. The Hall–Kier alpha value is -1.58. The molecule has 0 saturated carbocycles. The summed E-state index contributed by atoms with van der Waals surface area (Å²) in [7, 11) is -2.16. The molecule has 0 atom stereocenters. The van der Waals surface area contributed by atoms with E-state index in [9.17, 15) is 17.2 Å². The number of hydrogen-bond donors (Lipinski definition) is 1. The van der Waals surface area contributed by atoms with E-state index in [2.05, 4.69) is 14.6 Å². The average Bonchev–Trinajstić information content (AvgIpc) is 2.67. The van der Waals surface area contributed by atoms with Gasteiger partial charge in [-0.15, -0.1) is 0 Å². The van der Waals surface area contributed by atoms with Crippen LogP contribution in [0, 0.1) is 0 Å². The number of hydrogen-bond acceptors (Lipinski definition) is 4. The molecule has 1 heterocycles. The van der Waals surface area contributed by atoms with Crippen LogP contribution in [0.1, 0.15) is 0 Å². The molecule has 23 heavy (non-hydrogen) atoms. The Morgan fingerprint density at radius 2 is 2.00 bits per heavy atom. The highest BCUT2D eigenvalue weighted by molar-refractivity contribution is 7.92. The van der Waals surface area contributed by atoms with Gasteiger partial charge in [0.1, 0.15) is 10.7 Å². The van der Waals surface area contributed by atoms with Gasteiger partial charge in [-0.1, -0.05) is 29.3 Å². The Morgan fingerprint density at radius 1 is 1.35 bits per heavy atom. The molecule has 0 aliphatic rings. The van der Waals surface area contributed by atoms with Crippen LogP contribution in [0.3, 0.4) is 0 Å².